The topological polar surface area (TPSA) is 58.6 Å². The van der Waals surface area contributed by atoms with Crippen LogP contribution in [0.1, 0.15) is 23.2 Å². The Morgan fingerprint density at radius 3 is 2.55 bits per heavy atom. The van der Waals surface area contributed by atoms with Crippen molar-refractivity contribution in [3.63, 3.8) is 0 Å². The third-order valence-electron chi connectivity index (χ3n) is 4.00. The molecule has 3 rings (SSSR count). The Morgan fingerprint density at radius 2 is 1.91 bits per heavy atom. The van der Waals surface area contributed by atoms with Crippen molar-refractivity contribution in [2.45, 2.75) is 18.4 Å². The Morgan fingerprint density at radius 1 is 1.18 bits per heavy atom. The summed E-state index contributed by atoms with van der Waals surface area (Å²) < 4.78 is 5.23. The third kappa shape index (κ3) is 3.55. The molecule has 1 aromatic carbocycles. The Kier molecular flexibility index (Phi) is 4.57. The van der Waals surface area contributed by atoms with Crippen molar-refractivity contribution in [2.24, 2.45) is 0 Å². The van der Waals surface area contributed by atoms with Crippen LogP contribution in [-0.2, 0) is 4.74 Å². The van der Waals surface area contributed by atoms with Gasteiger partial charge in [-0.3, -0.25) is 4.79 Å². The molecule has 0 saturated carbocycles. The van der Waals surface area contributed by atoms with Gasteiger partial charge in [-0.25, -0.2) is 0 Å². The fourth-order valence-electron chi connectivity index (χ4n) is 2.52. The van der Waals surface area contributed by atoms with E-state index in [0.717, 1.165) is 11.1 Å². The third-order valence-corrected chi connectivity index (χ3v) is 4.69. The molecule has 5 heteroatoms. The van der Waals surface area contributed by atoms with Crippen molar-refractivity contribution in [1.82, 2.24) is 5.32 Å². The van der Waals surface area contributed by atoms with Gasteiger partial charge in [0.25, 0.3) is 5.91 Å². The van der Waals surface area contributed by atoms with Gasteiger partial charge in [-0.05, 0) is 40.1 Å². The predicted octanol–water partition coefficient (Wildman–Crippen LogP) is 2.69. The maximum Gasteiger partial charge on any atom is 0.251 e. The zero-order chi connectivity index (χ0) is 15.4. The van der Waals surface area contributed by atoms with Crippen molar-refractivity contribution in [1.29, 1.82) is 0 Å². The van der Waals surface area contributed by atoms with Crippen LogP contribution in [0.3, 0.4) is 0 Å². The van der Waals surface area contributed by atoms with Crippen LogP contribution in [0.25, 0.3) is 11.1 Å². The number of carbonyl (C=O) groups is 1. The average molecular weight is 317 g/mol. The molecule has 0 radical (unpaired) electrons. The lowest BCUT2D eigenvalue weighted by Gasteiger charge is -2.32. The highest BCUT2D eigenvalue weighted by atomic mass is 32.1. The van der Waals surface area contributed by atoms with Gasteiger partial charge in [0, 0.05) is 38.2 Å². The van der Waals surface area contributed by atoms with Crippen molar-refractivity contribution in [3.8, 4) is 11.1 Å². The van der Waals surface area contributed by atoms with Crippen molar-refractivity contribution < 1.29 is 14.6 Å². The number of thiophene rings is 1. The van der Waals surface area contributed by atoms with E-state index in [1.807, 2.05) is 29.6 Å². The number of ether oxygens (including phenoxy) is 1. The van der Waals surface area contributed by atoms with Gasteiger partial charge < -0.3 is 15.2 Å². The number of amides is 1. The van der Waals surface area contributed by atoms with Gasteiger partial charge in [-0.2, -0.15) is 11.3 Å². The molecule has 0 unspecified atom stereocenters. The molecule has 1 amide bonds. The van der Waals surface area contributed by atoms with Crippen LogP contribution in [-0.4, -0.2) is 36.4 Å². The maximum absolute atomic E-state index is 12.2. The van der Waals surface area contributed by atoms with Gasteiger partial charge in [0.05, 0.1) is 5.60 Å². The van der Waals surface area contributed by atoms with Crippen LogP contribution in [0.2, 0.25) is 0 Å². The molecular weight excluding hydrogens is 298 g/mol. The van der Waals surface area contributed by atoms with Crippen molar-refractivity contribution in [2.75, 3.05) is 19.8 Å². The molecule has 1 saturated heterocycles. The van der Waals surface area contributed by atoms with Crippen LogP contribution in [0.15, 0.2) is 41.1 Å². The number of nitrogens with one attached hydrogen (secondary N) is 1. The van der Waals surface area contributed by atoms with Crippen LogP contribution in [0.5, 0.6) is 0 Å². The molecule has 1 aliphatic rings. The summed E-state index contributed by atoms with van der Waals surface area (Å²) in [5, 5.41) is 17.3. The van der Waals surface area contributed by atoms with Gasteiger partial charge in [-0.15, -0.1) is 0 Å². The summed E-state index contributed by atoms with van der Waals surface area (Å²) >= 11 is 1.65. The molecule has 2 aromatic rings. The average Bonchev–Trinajstić information content (AvgIpc) is 3.08. The molecule has 0 atom stereocenters. The molecule has 4 nitrogen and oxygen atoms in total. The molecule has 0 spiro atoms. The molecule has 0 aliphatic carbocycles. The smallest absolute Gasteiger partial charge is 0.251 e. The van der Waals surface area contributed by atoms with E-state index in [4.69, 9.17) is 4.74 Å². The largest absolute Gasteiger partial charge is 0.388 e. The summed E-state index contributed by atoms with van der Waals surface area (Å²) in [6.45, 7) is 1.35. The van der Waals surface area contributed by atoms with Gasteiger partial charge in [-0.1, -0.05) is 12.1 Å². The minimum atomic E-state index is -0.843. The Labute approximate surface area is 133 Å². The number of hydrogen-bond donors (Lipinski definition) is 2. The summed E-state index contributed by atoms with van der Waals surface area (Å²) in [6.07, 6.45) is 1.12. The second-order valence-electron chi connectivity index (χ2n) is 5.61. The first-order chi connectivity index (χ1) is 10.7. The molecule has 22 heavy (non-hydrogen) atoms. The highest BCUT2D eigenvalue weighted by Crippen LogP contribution is 2.22. The summed E-state index contributed by atoms with van der Waals surface area (Å²) in [5.74, 6) is -0.156. The summed E-state index contributed by atoms with van der Waals surface area (Å²) in [4.78, 5) is 12.2. The Bertz CT molecular complexity index is 616. The monoisotopic (exact) mass is 317 g/mol. The van der Waals surface area contributed by atoms with Crippen molar-refractivity contribution in [3.05, 3.63) is 46.7 Å². The molecule has 0 bridgehead atoms. The predicted molar refractivity (Wildman–Crippen MR) is 87.1 cm³/mol. The number of rotatable bonds is 4. The molecule has 2 N–H and O–H groups in total. The second kappa shape index (κ2) is 6.60. The van der Waals surface area contributed by atoms with Gasteiger partial charge >= 0.3 is 0 Å². The summed E-state index contributed by atoms with van der Waals surface area (Å²) in [7, 11) is 0. The number of hydrogen-bond acceptors (Lipinski definition) is 4. The highest BCUT2D eigenvalue weighted by Gasteiger charge is 2.30. The van der Waals surface area contributed by atoms with E-state index < -0.39 is 5.60 Å². The fraction of sp³-hybridized carbons (Fsp3) is 0.353. The first-order valence-electron chi connectivity index (χ1n) is 7.37. The zero-order valence-corrected chi connectivity index (χ0v) is 13.1. The molecule has 1 aromatic heterocycles. The quantitative estimate of drug-likeness (QED) is 0.911. The van der Waals surface area contributed by atoms with E-state index in [-0.39, 0.29) is 12.5 Å². The lowest BCUT2D eigenvalue weighted by molar-refractivity contribution is -0.0605. The zero-order valence-electron chi connectivity index (χ0n) is 12.2. The van der Waals surface area contributed by atoms with E-state index >= 15 is 0 Å². The Balaban J connectivity index is 1.60. The number of benzene rings is 1. The molecular formula is C17H19NO3S. The SMILES string of the molecule is O=C(NCC1(O)CCOCC1)c1ccc(-c2ccsc2)cc1. The van der Waals surface area contributed by atoms with Gasteiger partial charge in [0.1, 0.15) is 0 Å². The molecule has 116 valence electrons. The highest BCUT2D eigenvalue weighted by molar-refractivity contribution is 7.08. The van der Waals surface area contributed by atoms with Crippen molar-refractivity contribution >= 4 is 17.2 Å². The van der Waals surface area contributed by atoms with E-state index in [1.54, 1.807) is 11.3 Å². The number of aliphatic hydroxyl groups is 1. The first-order valence-corrected chi connectivity index (χ1v) is 8.32. The molecule has 1 fully saturated rings. The van der Waals surface area contributed by atoms with Gasteiger partial charge in [0.2, 0.25) is 0 Å². The first kappa shape index (κ1) is 15.2. The van der Waals surface area contributed by atoms with Gasteiger partial charge in [0.15, 0.2) is 0 Å². The molecule has 1 aliphatic heterocycles. The summed E-state index contributed by atoms with van der Waals surface area (Å²) in [5.41, 5.74) is 2.02. The standard InChI is InChI=1S/C17H19NO3S/c19-16(18-12-17(20)6-8-21-9-7-17)14-3-1-13(2-4-14)15-5-10-22-11-15/h1-5,10-11,20H,6-9,12H2,(H,18,19). The Hall–Kier alpha value is -1.69. The van der Waals surface area contributed by atoms with E-state index in [1.165, 1.54) is 0 Å². The lowest BCUT2D eigenvalue weighted by atomic mass is 9.94. The second-order valence-corrected chi connectivity index (χ2v) is 6.39. The number of carbonyl (C=O) groups excluding carboxylic acids is 1. The van der Waals surface area contributed by atoms with E-state index in [2.05, 4.69) is 16.8 Å². The van der Waals surface area contributed by atoms with Crippen LogP contribution in [0.4, 0.5) is 0 Å². The van der Waals surface area contributed by atoms with Crippen LogP contribution >= 0.6 is 11.3 Å². The minimum Gasteiger partial charge on any atom is -0.388 e. The maximum atomic E-state index is 12.2. The normalized spacial score (nSPS) is 17.1. The minimum absolute atomic E-state index is 0.156. The molecule has 2 heterocycles. The van der Waals surface area contributed by atoms with E-state index in [0.29, 0.717) is 31.6 Å². The van der Waals surface area contributed by atoms with E-state index in [9.17, 15) is 9.90 Å². The lowest BCUT2D eigenvalue weighted by Crippen LogP contribution is -2.46. The van der Waals surface area contributed by atoms with Crippen LogP contribution < -0.4 is 5.32 Å². The fourth-order valence-corrected chi connectivity index (χ4v) is 3.18. The summed E-state index contributed by atoms with van der Waals surface area (Å²) in [6, 6.07) is 9.58. The van der Waals surface area contributed by atoms with Crippen LogP contribution in [0, 0.1) is 0 Å².